The van der Waals surface area contributed by atoms with Crippen molar-refractivity contribution in [1.29, 1.82) is 0 Å². The molecule has 0 saturated carbocycles. The maximum absolute atomic E-state index is 12.9. The standard InChI is InChI=1S/C25H28ClN5O/c26-23-17-20(12-13-24(23)30-14-5-2-6-15-30)28-25(32)29-31(21-9-3-1-4-10-21)22-11-7-8-19(16-22)18-27/h1,3-4,7-13,16-17H,2,5-6,14-15,18,27H2,(H2,28,29,32). The van der Waals surface area contributed by atoms with Crippen LogP contribution in [0.5, 0.6) is 0 Å². The third-order valence-electron chi connectivity index (χ3n) is 5.53. The predicted molar refractivity (Wildman–Crippen MR) is 133 cm³/mol. The van der Waals surface area contributed by atoms with Crippen molar-refractivity contribution in [1.82, 2.24) is 5.43 Å². The number of anilines is 4. The van der Waals surface area contributed by atoms with Gasteiger partial charge in [0, 0.05) is 25.3 Å². The molecule has 3 aromatic carbocycles. The number of carbonyl (C=O) groups excluding carboxylic acids is 1. The van der Waals surface area contributed by atoms with Gasteiger partial charge in [-0.1, -0.05) is 41.9 Å². The molecule has 1 fully saturated rings. The van der Waals surface area contributed by atoms with Crippen molar-refractivity contribution in [3.05, 3.63) is 83.4 Å². The van der Waals surface area contributed by atoms with Crippen molar-refractivity contribution in [2.45, 2.75) is 25.8 Å². The van der Waals surface area contributed by atoms with E-state index in [-0.39, 0.29) is 6.03 Å². The zero-order valence-electron chi connectivity index (χ0n) is 17.9. The van der Waals surface area contributed by atoms with E-state index in [0.29, 0.717) is 17.3 Å². The van der Waals surface area contributed by atoms with Crippen LogP contribution in [0.25, 0.3) is 0 Å². The number of hydrogen-bond acceptors (Lipinski definition) is 4. The highest BCUT2D eigenvalue weighted by Gasteiger charge is 2.16. The number of nitrogens with two attached hydrogens (primary N) is 1. The Hall–Kier alpha value is -3.22. The van der Waals surface area contributed by atoms with Gasteiger partial charge in [-0.25, -0.2) is 10.2 Å². The number of benzene rings is 3. The lowest BCUT2D eigenvalue weighted by Gasteiger charge is -2.30. The molecule has 6 nitrogen and oxygen atoms in total. The van der Waals surface area contributed by atoms with Gasteiger partial charge in [0.2, 0.25) is 0 Å². The Balaban J connectivity index is 1.50. The summed E-state index contributed by atoms with van der Waals surface area (Å²) < 4.78 is 0. The van der Waals surface area contributed by atoms with Gasteiger partial charge in [-0.2, -0.15) is 0 Å². The van der Waals surface area contributed by atoms with Crippen LogP contribution in [-0.2, 0) is 6.54 Å². The van der Waals surface area contributed by atoms with Crippen LogP contribution in [0.15, 0.2) is 72.8 Å². The topological polar surface area (TPSA) is 73.6 Å². The van der Waals surface area contributed by atoms with Crippen LogP contribution in [0.2, 0.25) is 5.02 Å². The Bertz CT molecular complexity index is 1050. The van der Waals surface area contributed by atoms with E-state index in [2.05, 4.69) is 15.6 Å². The summed E-state index contributed by atoms with van der Waals surface area (Å²) in [4.78, 5) is 15.2. The first-order valence-electron chi connectivity index (χ1n) is 10.9. The van der Waals surface area contributed by atoms with Crippen LogP contribution < -0.4 is 26.4 Å². The highest BCUT2D eigenvalue weighted by atomic mass is 35.5. The van der Waals surface area contributed by atoms with Crippen molar-refractivity contribution in [3.8, 4) is 0 Å². The Labute approximate surface area is 193 Å². The second kappa shape index (κ2) is 10.4. The van der Waals surface area contributed by atoms with Crippen molar-refractivity contribution < 1.29 is 4.79 Å². The quantitative estimate of drug-likeness (QED) is 0.424. The predicted octanol–water partition coefficient (Wildman–Crippen LogP) is 5.66. The first kappa shape index (κ1) is 22.0. The molecule has 0 aliphatic carbocycles. The number of rotatable bonds is 6. The molecule has 3 aromatic rings. The summed E-state index contributed by atoms with van der Waals surface area (Å²) in [7, 11) is 0. The lowest BCUT2D eigenvalue weighted by molar-refractivity contribution is 0.252. The molecule has 2 amide bonds. The number of carbonyl (C=O) groups is 1. The molecule has 4 N–H and O–H groups in total. The zero-order chi connectivity index (χ0) is 22.3. The molecule has 7 heteroatoms. The van der Waals surface area contributed by atoms with Crippen LogP contribution in [0.1, 0.15) is 24.8 Å². The first-order valence-corrected chi connectivity index (χ1v) is 11.3. The lowest BCUT2D eigenvalue weighted by atomic mass is 10.1. The molecule has 0 unspecified atom stereocenters. The minimum atomic E-state index is -0.367. The van der Waals surface area contributed by atoms with E-state index < -0.39 is 0 Å². The molecular formula is C25H28ClN5O. The van der Waals surface area contributed by atoms with E-state index in [1.54, 1.807) is 11.1 Å². The molecule has 1 heterocycles. The molecule has 1 saturated heterocycles. The minimum Gasteiger partial charge on any atom is -0.370 e. The number of piperidine rings is 1. The van der Waals surface area contributed by atoms with E-state index in [4.69, 9.17) is 17.3 Å². The zero-order valence-corrected chi connectivity index (χ0v) is 18.7. The van der Waals surface area contributed by atoms with Crippen molar-refractivity contribution in [3.63, 3.8) is 0 Å². The number of para-hydroxylation sites is 1. The Morgan fingerprint density at radius 2 is 1.69 bits per heavy atom. The molecule has 0 spiro atoms. The summed E-state index contributed by atoms with van der Waals surface area (Å²) in [5.41, 5.74) is 13.0. The molecule has 1 aliphatic heterocycles. The summed E-state index contributed by atoms with van der Waals surface area (Å²) in [6.07, 6.45) is 3.62. The molecule has 4 rings (SSSR count). The molecule has 0 aromatic heterocycles. The average Bonchev–Trinajstić information content (AvgIpc) is 2.84. The van der Waals surface area contributed by atoms with Crippen molar-refractivity contribution >= 4 is 40.4 Å². The Morgan fingerprint density at radius 3 is 2.41 bits per heavy atom. The fraction of sp³-hybridized carbons (Fsp3) is 0.240. The summed E-state index contributed by atoms with van der Waals surface area (Å²) >= 11 is 6.54. The maximum atomic E-state index is 12.9. The number of amides is 2. The fourth-order valence-corrected chi connectivity index (χ4v) is 4.21. The first-order chi connectivity index (χ1) is 15.6. The monoisotopic (exact) mass is 449 g/mol. The lowest BCUT2D eigenvalue weighted by Crippen LogP contribution is -2.41. The Morgan fingerprint density at radius 1 is 0.938 bits per heavy atom. The average molecular weight is 450 g/mol. The van der Waals surface area contributed by atoms with E-state index in [9.17, 15) is 4.79 Å². The summed E-state index contributed by atoms with van der Waals surface area (Å²) in [5, 5.41) is 5.27. The molecule has 166 valence electrons. The van der Waals surface area contributed by atoms with Gasteiger partial charge >= 0.3 is 6.03 Å². The number of nitrogens with one attached hydrogen (secondary N) is 2. The molecule has 1 aliphatic rings. The van der Waals surface area contributed by atoms with Crippen LogP contribution in [-0.4, -0.2) is 19.1 Å². The van der Waals surface area contributed by atoms with Crippen molar-refractivity contribution in [2.75, 3.05) is 28.3 Å². The molecular weight excluding hydrogens is 422 g/mol. The molecule has 32 heavy (non-hydrogen) atoms. The van der Waals surface area contributed by atoms with E-state index in [1.807, 2.05) is 66.7 Å². The van der Waals surface area contributed by atoms with E-state index in [1.165, 1.54) is 19.3 Å². The normalized spacial score (nSPS) is 13.5. The molecule has 0 bridgehead atoms. The SMILES string of the molecule is NCc1cccc(N(NC(=O)Nc2ccc(N3CCCCC3)c(Cl)c2)c2ccccc2)c1. The van der Waals surface area contributed by atoms with Crippen LogP contribution >= 0.6 is 11.6 Å². The second-order valence-electron chi connectivity index (χ2n) is 7.82. The highest BCUT2D eigenvalue weighted by molar-refractivity contribution is 6.33. The van der Waals surface area contributed by atoms with Gasteiger partial charge in [-0.05, 0) is 67.3 Å². The Kier molecular flexibility index (Phi) is 7.14. The number of hydrogen-bond donors (Lipinski definition) is 3. The van der Waals surface area contributed by atoms with Gasteiger partial charge in [-0.15, -0.1) is 0 Å². The van der Waals surface area contributed by atoms with Gasteiger partial charge in [0.1, 0.15) is 0 Å². The third kappa shape index (κ3) is 5.33. The molecule has 0 radical (unpaired) electrons. The largest absolute Gasteiger partial charge is 0.370 e. The summed E-state index contributed by atoms with van der Waals surface area (Å²) in [6.45, 7) is 2.45. The van der Waals surface area contributed by atoms with Gasteiger partial charge in [-0.3, -0.25) is 5.01 Å². The number of halogens is 1. The number of hydrazine groups is 1. The van der Waals surface area contributed by atoms with Crippen molar-refractivity contribution in [2.24, 2.45) is 5.73 Å². The third-order valence-corrected chi connectivity index (χ3v) is 5.84. The maximum Gasteiger partial charge on any atom is 0.338 e. The van der Waals surface area contributed by atoms with Gasteiger partial charge in [0.25, 0.3) is 0 Å². The number of urea groups is 1. The number of nitrogens with zero attached hydrogens (tertiary/aromatic N) is 2. The highest BCUT2D eigenvalue weighted by Crippen LogP contribution is 2.31. The fourth-order valence-electron chi connectivity index (χ4n) is 3.91. The summed E-state index contributed by atoms with van der Waals surface area (Å²) in [5.74, 6) is 0. The van der Waals surface area contributed by atoms with Gasteiger partial charge < -0.3 is 16.0 Å². The summed E-state index contributed by atoms with van der Waals surface area (Å²) in [6, 6.07) is 22.7. The van der Waals surface area contributed by atoms with E-state index >= 15 is 0 Å². The van der Waals surface area contributed by atoms with Crippen LogP contribution in [0.4, 0.5) is 27.5 Å². The minimum absolute atomic E-state index is 0.367. The van der Waals surface area contributed by atoms with Crippen LogP contribution in [0.3, 0.4) is 0 Å². The van der Waals surface area contributed by atoms with Crippen LogP contribution in [0, 0.1) is 0 Å². The molecule has 0 atom stereocenters. The van der Waals surface area contributed by atoms with Gasteiger partial charge in [0.15, 0.2) is 0 Å². The second-order valence-corrected chi connectivity index (χ2v) is 8.23. The van der Waals surface area contributed by atoms with E-state index in [0.717, 1.165) is 35.7 Å². The van der Waals surface area contributed by atoms with Gasteiger partial charge in [0.05, 0.1) is 22.1 Å². The smallest absolute Gasteiger partial charge is 0.338 e.